The van der Waals surface area contributed by atoms with Gasteiger partial charge >= 0.3 is 0 Å². The number of fused-ring (bicyclic) bond motifs is 1. The van der Waals surface area contributed by atoms with Crippen molar-refractivity contribution >= 4 is 21.2 Å². The SMILES string of the molecule is CN(C)S(=O)(=O)NC[C@H]1CCCN(Cc2cc3ccccc3o2)C1. The summed E-state index contributed by atoms with van der Waals surface area (Å²) < 4.78 is 33.4. The predicted molar refractivity (Wildman–Crippen MR) is 94.8 cm³/mol. The summed E-state index contributed by atoms with van der Waals surface area (Å²) in [5, 5.41) is 1.12. The van der Waals surface area contributed by atoms with Crippen molar-refractivity contribution in [1.29, 1.82) is 0 Å². The molecule has 0 spiro atoms. The Balaban J connectivity index is 1.57. The zero-order chi connectivity index (χ0) is 17.2. The summed E-state index contributed by atoms with van der Waals surface area (Å²) in [5.74, 6) is 1.29. The monoisotopic (exact) mass is 351 g/mol. The number of hydrogen-bond donors (Lipinski definition) is 1. The number of furan rings is 1. The molecule has 24 heavy (non-hydrogen) atoms. The molecular weight excluding hydrogens is 326 g/mol. The first-order chi connectivity index (χ1) is 11.4. The first-order valence-corrected chi connectivity index (χ1v) is 9.75. The minimum Gasteiger partial charge on any atom is -0.460 e. The standard InChI is InChI=1S/C17H25N3O3S/c1-19(2)24(21,22)18-11-14-6-5-9-20(12-14)13-16-10-15-7-3-4-8-17(15)23-16/h3-4,7-8,10,14,18H,5-6,9,11-13H2,1-2H3/t14-/m1/s1. The molecule has 132 valence electrons. The topological polar surface area (TPSA) is 65.8 Å². The van der Waals surface area contributed by atoms with E-state index in [0.29, 0.717) is 12.5 Å². The van der Waals surface area contributed by atoms with Gasteiger partial charge in [-0.2, -0.15) is 12.7 Å². The van der Waals surface area contributed by atoms with Gasteiger partial charge in [-0.15, -0.1) is 0 Å². The number of rotatable bonds is 6. The average molecular weight is 351 g/mol. The molecule has 6 nitrogen and oxygen atoms in total. The molecule has 1 aliphatic heterocycles. The maximum Gasteiger partial charge on any atom is 0.278 e. The van der Waals surface area contributed by atoms with E-state index >= 15 is 0 Å². The van der Waals surface area contributed by atoms with Crippen molar-refractivity contribution < 1.29 is 12.8 Å². The molecule has 1 saturated heterocycles. The molecule has 0 aliphatic carbocycles. The Morgan fingerprint density at radius 1 is 1.33 bits per heavy atom. The van der Waals surface area contributed by atoms with Gasteiger partial charge in [-0.05, 0) is 37.4 Å². The van der Waals surface area contributed by atoms with Crippen LogP contribution >= 0.6 is 0 Å². The zero-order valence-corrected chi connectivity index (χ0v) is 15.1. The van der Waals surface area contributed by atoms with Crippen LogP contribution in [0.3, 0.4) is 0 Å². The molecule has 7 heteroatoms. The van der Waals surface area contributed by atoms with Gasteiger partial charge in [0.2, 0.25) is 0 Å². The summed E-state index contributed by atoms with van der Waals surface area (Å²) in [4.78, 5) is 2.34. The second-order valence-electron chi connectivity index (χ2n) is 6.63. The first-order valence-electron chi connectivity index (χ1n) is 8.31. The summed E-state index contributed by atoms with van der Waals surface area (Å²) in [6, 6.07) is 10.1. The maximum absolute atomic E-state index is 11.8. The Hall–Kier alpha value is -1.41. The number of hydrogen-bond acceptors (Lipinski definition) is 4. The number of nitrogens with zero attached hydrogens (tertiary/aromatic N) is 2. The summed E-state index contributed by atoms with van der Waals surface area (Å²) in [6.07, 6.45) is 2.13. The summed E-state index contributed by atoms with van der Waals surface area (Å²) >= 11 is 0. The lowest BCUT2D eigenvalue weighted by Crippen LogP contribution is -2.43. The molecule has 1 atom stereocenters. The van der Waals surface area contributed by atoms with E-state index in [1.165, 1.54) is 18.4 Å². The van der Waals surface area contributed by atoms with Gasteiger partial charge < -0.3 is 4.42 Å². The van der Waals surface area contributed by atoms with Gasteiger partial charge in [0.15, 0.2) is 0 Å². The van der Waals surface area contributed by atoms with Crippen LogP contribution in [0.5, 0.6) is 0 Å². The van der Waals surface area contributed by atoms with Crippen LogP contribution in [-0.4, -0.2) is 51.4 Å². The molecule has 1 fully saturated rings. The largest absolute Gasteiger partial charge is 0.460 e. The molecule has 1 N–H and O–H groups in total. The van der Waals surface area contributed by atoms with Gasteiger partial charge in [-0.3, -0.25) is 4.90 Å². The lowest BCUT2D eigenvalue weighted by Gasteiger charge is -2.32. The molecule has 1 aromatic heterocycles. The second-order valence-corrected chi connectivity index (χ2v) is 8.60. The minimum absolute atomic E-state index is 0.331. The molecular formula is C17H25N3O3S. The van der Waals surface area contributed by atoms with Crippen LogP contribution in [-0.2, 0) is 16.8 Å². The Morgan fingerprint density at radius 3 is 2.88 bits per heavy atom. The third kappa shape index (κ3) is 4.16. The molecule has 1 aromatic carbocycles. The highest BCUT2D eigenvalue weighted by Crippen LogP contribution is 2.23. The third-order valence-electron chi connectivity index (χ3n) is 4.49. The van der Waals surface area contributed by atoms with Gasteiger partial charge in [0.25, 0.3) is 10.2 Å². The normalized spacial score (nSPS) is 20.0. The Bertz CT molecular complexity index is 752. The van der Waals surface area contributed by atoms with Crippen LogP contribution in [0, 0.1) is 5.92 Å². The van der Waals surface area contributed by atoms with Crippen molar-refractivity contribution in [3.63, 3.8) is 0 Å². The van der Waals surface area contributed by atoms with Crippen LogP contribution in [0.4, 0.5) is 0 Å². The lowest BCUT2D eigenvalue weighted by atomic mass is 9.98. The summed E-state index contributed by atoms with van der Waals surface area (Å²) in [5.41, 5.74) is 0.916. The number of likely N-dealkylation sites (tertiary alicyclic amines) is 1. The van der Waals surface area contributed by atoms with Crippen molar-refractivity contribution in [2.75, 3.05) is 33.7 Å². The van der Waals surface area contributed by atoms with E-state index in [4.69, 9.17) is 4.42 Å². The van der Waals surface area contributed by atoms with E-state index in [1.54, 1.807) is 0 Å². The van der Waals surface area contributed by atoms with E-state index in [0.717, 1.165) is 49.2 Å². The van der Waals surface area contributed by atoms with Gasteiger partial charge in [0, 0.05) is 32.6 Å². The van der Waals surface area contributed by atoms with E-state index in [9.17, 15) is 8.42 Å². The van der Waals surface area contributed by atoms with Crippen LogP contribution in [0.1, 0.15) is 18.6 Å². The fourth-order valence-electron chi connectivity index (χ4n) is 3.15. The minimum atomic E-state index is -3.34. The lowest BCUT2D eigenvalue weighted by molar-refractivity contribution is 0.159. The number of nitrogens with one attached hydrogen (secondary N) is 1. The van der Waals surface area contributed by atoms with E-state index < -0.39 is 10.2 Å². The highest BCUT2D eigenvalue weighted by Gasteiger charge is 2.23. The van der Waals surface area contributed by atoms with Crippen LogP contribution in [0.25, 0.3) is 11.0 Å². The summed E-state index contributed by atoms with van der Waals surface area (Å²) in [6.45, 7) is 3.16. The van der Waals surface area contributed by atoms with E-state index in [-0.39, 0.29) is 0 Å². The third-order valence-corrected chi connectivity index (χ3v) is 5.99. The van der Waals surface area contributed by atoms with Crippen molar-refractivity contribution in [2.24, 2.45) is 5.92 Å². The summed E-state index contributed by atoms with van der Waals surface area (Å²) in [7, 11) is -0.267. The average Bonchev–Trinajstić information content (AvgIpc) is 2.95. The fourth-order valence-corrected chi connectivity index (χ4v) is 3.85. The van der Waals surface area contributed by atoms with Gasteiger partial charge in [-0.25, -0.2) is 4.72 Å². The zero-order valence-electron chi connectivity index (χ0n) is 14.2. The predicted octanol–water partition coefficient (Wildman–Crippen LogP) is 2.04. The van der Waals surface area contributed by atoms with Gasteiger partial charge in [-0.1, -0.05) is 18.2 Å². The molecule has 0 amide bonds. The molecule has 2 heterocycles. The highest BCUT2D eigenvalue weighted by molar-refractivity contribution is 7.87. The van der Waals surface area contributed by atoms with Crippen LogP contribution in [0.15, 0.2) is 34.7 Å². The maximum atomic E-state index is 11.8. The molecule has 3 rings (SSSR count). The van der Waals surface area contributed by atoms with Gasteiger partial charge in [0.1, 0.15) is 11.3 Å². The second kappa shape index (κ2) is 7.23. The molecule has 0 radical (unpaired) electrons. The van der Waals surface area contributed by atoms with Crippen molar-refractivity contribution in [2.45, 2.75) is 19.4 Å². The quantitative estimate of drug-likeness (QED) is 0.865. The molecule has 0 bridgehead atoms. The number of piperidine rings is 1. The number of para-hydroxylation sites is 1. The van der Waals surface area contributed by atoms with Crippen LogP contribution < -0.4 is 4.72 Å². The van der Waals surface area contributed by atoms with E-state index in [1.807, 2.05) is 18.2 Å². The van der Waals surface area contributed by atoms with E-state index in [2.05, 4.69) is 21.8 Å². The Morgan fingerprint density at radius 2 is 2.12 bits per heavy atom. The first kappa shape index (κ1) is 17.4. The molecule has 0 saturated carbocycles. The number of benzene rings is 1. The Kier molecular flexibility index (Phi) is 5.24. The highest BCUT2D eigenvalue weighted by atomic mass is 32.2. The van der Waals surface area contributed by atoms with Crippen LogP contribution in [0.2, 0.25) is 0 Å². The smallest absolute Gasteiger partial charge is 0.278 e. The molecule has 2 aromatic rings. The Labute approximate surface area is 143 Å². The molecule has 0 unspecified atom stereocenters. The molecule has 1 aliphatic rings. The van der Waals surface area contributed by atoms with Gasteiger partial charge in [0.05, 0.1) is 6.54 Å². The van der Waals surface area contributed by atoms with Crippen molar-refractivity contribution in [1.82, 2.24) is 13.9 Å². The fraction of sp³-hybridized carbons (Fsp3) is 0.529. The van der Waals surface area contributed by atoms with Crippen molar-refractivity contribution in [3.8, 4) is 0 Å². The van der Waals surface area contributed by atoms with Crippen molar-refractivity contribution in [3.05, 3.63) is 36.1 Å².